The molecule has 1 atom stereocenters. The van der Waals surface area contributed by atoms with Crippen molar-refractivity contribution in [1.82, 2.24) is 10.2 Å². The number of para-hydroxylation sites is 1. The topological polar surface area (TPSA) is 24.5 Å². The van der Waals surface area contributed by atoms with Crippen LogP contribution in [0.2, 0.25) is 0 Å². The molecular formula is C17H28N2O. The first-order valence-corrected chi connectivity index (χ1v) is 7.88. The minimum atomic E-state index is 0.680. The number of rotatable bonds is 7. The van der Waals surface area contributed by atoms with Gasteiger partial charge in [-0.3, -0.25) is 0 Å². The molecule has 1 aliphatic heterocycles. The maximum atomic E-state index is 5.68. The highest BCUT2D eigenvalue weighted by atomic mass is 16.5. The second-order valence-electron chi connectivity index (χ2n) is 5.96. The van der Waals surface area contributed by atoms with Crippen LogP contribution in [0, 0.1) is 5.92 Å². The number of ether oxygens (including phenoxy) is 1. The Balaban J connectivity index is 1.57. The van der Waals surface area contributed by atoms with Crippen molar-refractivity contribution in [2.75, 3.05) is 32.8 Å². The van der Waals surface area contributed by atoms with Crippen LogP contribution in [0.15, 0.2) is 30.3 Å². The van der Waals surface area contributed by atoms with Crippen molar-refractivity contribution in [2.24, 2.45) is 5.92 Å². The molecule has 112 valence electrons. The van der Waals surface area contributed by atoms with E-state index >= 15 is 0 Å². The maximum absolute atomic E-state index is 5.68. The van der Waals surface area contributed by atoms with Crippen LogP contribution in [0.1, 0.15) is 26.7 Å². The molecule has 0 aromatic heterocycles. The lowest BCUT2D eigenvalue weighted by molar-refractivity contribution is 0.138. The van der Waals surface area contributed by atoms with Crippen LogP contribution in [-0.2, 0) is 0 Å². The lowest BCUT2D eigenvalue weighted by atomic mass is 9.97. The third kappa shape index (κ3) is 5.14. The molecule has 0 bridgehead atoms. The van der Waals surface area contributed by atoms with Crippen molar-refractivity contribution < 1.29 is 4.74 Å². The summed E-state index contributed by atoms with van der Waals surface area (Å²) in [5.74, 6) is 1.75. The molecule has 3 heteroatoms. The van der Waals surface area contributed by atoms with Gasteiger partial charge < -0.3 is 15.0 Å². The molecule has 0 amide bonds. The Bertz CT molecular complexity index is 367. The van der Waals surface area contributed by atoms with Gasteiger partial charge in [0.1, 0.15) is 12.4 Å². The Morgan fingerprint density at radius 2 is 2.10 bits per heavy atom. The summed E-state index contributed by atoms with van der Waals surface area (Å²) in [6, 6.07) is 10.7. The highest BCUT2D eigenvalue weighted by Crippen LogP contribution is 2.17. The van der Waals surface area contributed by atoms with Gasteiger partial charge in [0.25, 0.3) is 0 Å². The summed E-state index contributed by atoms with van der Waals surface area (Å²) in [6.45, 7) is 9.88. The molecular weight excluding hydrogens is 248 g/mol. The van der Waals surface area contributed by atoms with E-state index in [1.165, 1.54) is 25.9 Å². The van der Waals surface area contributed by atoms with Crippen LogP contribution in [0.5, 0.6) is 5.75 Å². The van der Waals surface area contributed by atoms with Crippen LogP contribution in [0.25, 0.3) is 0 Å². The Hall–Kier alpha value is -1.06. The minimum Gasteiger partial charge on any atom is -0.492 e. The molecule has 0 saturated carbocycles. The van der Waals surface area contributed by atoms with E-state index in [2.05, 4.69) is 24.1 Å². The molecule has 1 unspecified atom stereocenters. The van der Waals surface area contributed by atoms with Gasteiger partial charge in [0, 0.05) is 19.1 Å². The largest absolute Gasteiger partial charge is 0.492 e. The van der Waals surface area contributed by atoms with Gasteiger partial charge in [-0.15, -0.1) is 0 Å². The zero-order valence-electron chi connectivity index (χ0n) is 12.8. The minimum absolute atomic E-state index is 0.680. The Morgan fingerprint density at radius 1 is 1.30 bits per heavy atom. The van der Waals surface area contributed by atoms with Gasteiger partial charge in [-0.2, -0.15) is 0 Å². The van der Waals surface area contributed by atoms with E-state index in [-0.39, 0.29) is 0 Å². The first-order valence-electron chi connectivity index (χ1n) is 7.88. The number of piperidine rings is 1. The van der Waals surface area contributed by atoms with Gasteiger partial charge in [0.15, 0.2) is 0 Å². The first kappa shape index (κ1) is 15.3. The van der Waals surface area contributed by atoms with E-state index in [1.54, 1.807) is 0 Å². The Morgan fingerprint density at radius 3 is 2.85 bits per heavy atom. The molecule has 1 N–H and O–H groups in total. The molecule has 1 aromatic carbocycles. The van der Waals surface area contributed by atoms with Crippen molar-refractivity contribution in [2.45, 2.75) is 32.7 Å². The standard InChI is InChI=1S/C17H28N2O/c1-15(2)19-11-6-7-16(14-19)13-18-10-12-20-17-8-4-3-5-9-17/h3-5,8-9,15-16,18H,6-7,10-14H2,1-2H3. The normalized spacial score (nSPS) is 20.2. The summed E-state index contributed by atoms with van der Waals surface area (Å²) in [5.41, 5.74) is 0. The zero-order chi connectivity index (χ0) is 14.2. The number of hydrogen-bond donors (Lipinski definition) is 1. The SMILES string of the molecule is CC(C)N1CCCC(CNCCOc2ccccc2)C1. The van der Waals surface area contributed by atoms with Crippen molar-refractivity contribution in [3.05, 3.63) is 30.3 Å². The third-order valence-electron chi connectivity index (χ3n) is 4.00. The van der Waals surface area contributed by atoms with Crippen molar-refractivity contribution in [3.63, 3.8) is 0 Å². The van der Waals surface area contributed by atoms with Crippen molar-refractivity contribution >= 4 is 0 Å². The fraction of sp³-hybridized carbons (Fsp3) is 0.647. The molecule has 1 aliphatic rings. The summed E-state index contributed by atoms with van der Waals surface area (Å²) in [5, 5.41) is 3.53. The van der Waals surface area contributed by atoms with Gasteiger partial charge in [-0.05, 0) is 57.8 Å². The average Bonchev–Trinajstić information content (AvgIpc) is 2.48. The van der Waals surface area contributed by atoms with E-state index in [9.17, 15) is 0 Å². The van der Waals surface area contributed by atoms with E-state index in [0.717, 1.165) is 31.4 Å². The van der Waals surface area contributed by atoms with Gasteiger partial charge in [0.05, 0.1) is 0 Å². The number of likely N-dealkylation sites (tertiary alicyclic amines) is 1. The van der Waals surface area contributed by atoms with Crippen LogP contribution >= 0.6 is 0 Å². The van der Waals surface area contributed by atoms with E-state index in [0.29, 0.717) is 6.04 Å². The predicted octanol–water partition coefficient (Wildman–Crippen LogP) is 2.78. The molecule has 3 nitrogen and oxygen atoms in total. The fourth-order valence-corrected chi connectivity index (χ4v) is 2.80. The second kappa shape index (κ2) is 8.28. The quantitative estimate of drug-likeness (QED) is 0.775. The van der Waals surface area contributed by atoms with Crippen LogP contribution in [0.3, 0.4) is 0 Å². The highest BCUT2D eigenvalue weighted by Gasteiger charge is 2.20. The zero-order valence-corrected chi connectivity index (χ0v) is 12.8. The van der Waals surface area contributed by atoms with E-state index in [1.807, 2.05) is 30.3 Å². The number of benzene rings is 1. The summed E-state index contributed by atoms with van der Waals surface area (Å²) < 4.78 is 5.68. The van der Waals surface area contributed by atoms with Crippen LogP contribution in [0.4, 0.5) is 0 Å². The summed E-state index contributed by atoms with van der Waals surface area (Å²) in [6.07, 6.45) is 2.70. The third-order valence-corrected chi connectivity index (χ3v) is 4.00. The fourth-order valence-electron chi connectivity index (χ4n) is 2.80. The molecule has 1 heterocycles. The van der Waals surface area contributed by atoms with E-state index in [4.69, 9.17) is 4.74 Å². The van der Waals surface area contributed by atoms with Gasteiger partial charge in [-0.1, -0.05) is 18.2 Å². The molecule has 1 fully saturated rings. The van der Waals surface area contributed by atoms with Crippen molar-refractivity contribution in [1.29, 1.82) is 0 Å². The second-order valence-corrected chi connectivity index (χ2v) is 5.96. The first-order chi connectivity index (χ1) is 9.75. The Labute approximate surface area is 123 Å². The van der Waals surface area contributed by atoms with E-state index < -0.39 is 0 Å². The summed E-state index contributed by atoms with van der Waals surface area (Å²) in [7, 11) is 0. The lowest BCUT2D eigenvalue weighted by Crippen LogP contribution is -2.43. The number of nitrogens with one attached hydrogen (secondary N) is 1. The van der Waals surface area contributed by atoms with Gasteiger partial charge >= 0.3 is 0 Å². The smallest absolute Gasteiger partial charge is 0.119 e. The highest BCUT2D eigenvalue weighted by molar-refractivity contribution is 5.20. The average molecular weight is 276 g/mol. The summed E-state index contributed by atoms with van der Waals surface area (Å²) in [4.78, 5) is 2.59. The molecule has 2 rings (SSSR count). The molecule has 0 aliphatic carbocycles. The van der Waals surface area contributed by atoms with Gasteiger partial charge in [0.2, 0.25) is 0 Å². The predicted molar refractivity (Wildman–Crippen MR) is 84.2 cm³/mol. The van der Waals surface area contributed by atoms with Crippen LogP contribution in [-0.4, -0.2) is 43.7 Å². The molecule has 1 aromatic rings. The summed E-state index contributed by atoms with van der Waals surface area (Å²) >= 11 is 0. The maximum Gasteiger partial charge on any atom is 0.119 e. The molecule has 20 heavy (non-hydrogen) atoms. The molecule has 1 saturated heterocycles. The lowest BCUT2D eigenvalue weighted by Gasteiger charge is -2.35. The number of nitrogens with zero attached hydrogens (tertiary/aromatic N) is 1. The monoisotopic (exact) mass is 276 g/mol. The Kier molecular flexibility index (Phi) is 6.34. The molecule has 0 spiro atoms. The van der Waals surface area contributed by atoms with Crippen molar-refractivity contribution in [3.8, 4) is 5.75 Å². The molecule has 0 radical (unpaired) electrons. The number of hydrogen-bond acceptors (Lipinski definition) is 3. The van der Waals surface area contributed by atoms with Crippen LogP contribution < -0.4 is 10.1 Å². The van der Waals surface area contributed by atoms with Gasteiger partial charge in [-0.25, -0.2) is 0 Å².